The van der Waals surface area contributed by atoms with E-state index < -0.39 is 11.6 Å². The summed E-state index contributed by atoms with van der Waals surface area (Å²) in [5.74, 6) is -0.189. The van der Waals surface area contributed by atoms with Crippen LogP contribution in [0.25, 0.3) is 6.08 Å². The maximum Gasteiger partial charge on any atom is 0.133 e. The Kier molecular flexibility index (Phi) is 4.76. The molecule has 1 aromatic carbocycles. The lowest BCUT2D eigenvalue weighted by molar-refractivity contribution is 0.405. The van der Waals surface area contributed by atoms with Crippen LogP contribution in [0, 0.1) is 17.6 Å². The standard InChI is InChI=1S/C15H17ClF2/c16-10-13(11-4-2-1-3-5-11)8-12-6-7-14(17)9-15(12)18/h6-9,11H,1-5,10H2. The molecule has 0 nitrogen and oxygen atoms in total. The lowest BCUT2D eigenvalue weighted by Gasteiger charge is -2.23. The van der Waals surface area contributed by atoms with Crippen molar-refractivity contribution in [3.63, 3.8) is 0 Å². The molecular formula is C15H17ClF2. The SMILES string of the molecule is Fc1ccc(C=C(CCl)C2CCCCC2)c(F)c1. The number of hydrogen-bond donors (Lipinski definition) is 0. The minimum atomic E-state index is -0.547. The molecule has 0 spiro atoms. The summed E-state index contributed by atoms with van der Waals surface area (Å²) in [6, 6.07) is 3.67. The average Bonchev–Trinajstić information content (AvgIpc) is 2.39. The normalized spacial score (nSPS) is 18.1. The van der Waals surface area contributed by atoms with Crippen LogP contribution in [0.15, 0.2) is 23.8 Å². The summed E-state index contributed by atoms with van der Waals surface area (Å²) in [6.07, 6.45) is 7.74. The van der Waals surface area contributed by atoms with Crippen LogP contribution in [0.2, 0.25) is 0 Å². The Morgan fingerprint density at radius 3 is 2.56 bits per heavy atom. The van der Waals surface area contributed by atoms with Crippen LogP contribution in [-0.4, -0.2) is 5.88 Å². The molecule has 1 aliphatic carbocycles. The van der Waals surface area contributed by atoms with Gasteiger partial charge in [-0.15, -0.1) is 11.6 Å². The molecule has 0 amide bonds. The first-order valence-electron chi connectivity index (χ1n) is 6.42. The lowest BCUT2D eigenvalue weighted by Crippen LogP contribution is -2.10. The van der Waals surface area contributed by atoms with Crippen LogP contribution in [-0.2, 0) is 0 Å². The van der Waals surface area contributed by atoms with Crippen molar-refractivity contribution in [2.24, 2.45) is 5.92 Å². The van der Waals surface area contributed by atoms with E-state index in [4.69, 9.17) is 11.6 Å². The van der Waals surface area contributed by atoms with Gasteiger partial charge in [0, 0.05) is 17.5 Å². The van der Waals surface area contributed by atoms with Gasteiger partial charge in [0.25, 0.3) is 0 Å². The second-order valence-corrected chi connectivity index (χ2v) is 5.12. The molecule has 0 saturated heterocycles. The Hall–Kier alpha value is -0.890. The largest absolute Gasteiger partial charge is 0.207 e. The minimum absolute atomic E-state index is 0.418. The lowest BCUT2D eigenvalue weighted by atomic mass is 9.83. The van der Waals surface area contributed by atoms with Gasteiger partial charge in [0.15, 0.2) is 0 Å². The highest BCUT2D eigenvalue weighted by molar-refractivity contribution is 6.19. The summed E-state index contributed by atoms with van der Waals surface area (Å²) in [5, 5.41) is 0. The van der Waals surface area contributed by atoms with Crippen molar-refractivity contribution in [2.45, 2.75) is 32.1 Å². The number of rotatable bonds is 3. The van der Waals surface area contributed by atoms with Crippen molar-refractivity contribution in [1.82, 2.24) is 0 Å². The zero-order chi connectivity index (χ0) is 13.0. The molecule has 0 unspecified atom stereocenters. The fourth-order valence-electron chi connectivity index (χ4n) is 2.56. The van der Waals surface area contributed by atoms with Crippen molar-refractivity contribution in [3.8, 4) is 0 Å². The summed E-state index contributed by atoms with van der Waals surface area (Å²) in [6.45, 7) is 0. The van der Waals surface area contributed by atoms with E-state index in [9.17, 15) is 8.78 Å². The Balaban J connectivity index is 2.22. The van der Waals surface area contributed by atoms with Gasteiger partial charge in [0.2, 0.25) is 0 Å². The van der Waals surface area contributed by atoms with Gasteiger partial charge in [0.1, 0.15) is 11.6 Å². The average molecular weight is 271 g/mol. The van der Waals surface area contributed by atoms with Crippen LogP contribution < -0.4 is 0 Å². The summed E-state index contributed by atoms with van der Waals surface area (Å²) in [5.41, 5.74) is 1.50. The van der Waals surface area contributed by atoms with Gasteiger partial charge >= 0.3 is 0 Å². The molecule has 0 aromatic heterocycles. The zero-order valence-electron chi connectivity index (χ0n) is 10.3. The van der Waals surface area contributed by atoms with E-state index in [2.05, 4.69) is 0 Å². The number of hydrogen-bond acceptors (Lipinski definition) is 0. The Morgan fingerprint density at radius 2 is 1.94 bits per heavy atom. The molecule has 98 valence electrons. The molecule has 2 rings (SSSR count). The van der Waals surface area contributed by atoms with Crippen LogP contribution in [0.1, 0.15) is 37.7 Å². The molecule has 0 radical (unpaired) electrons. The van der Waals surface area contributed by atoms with Crippen molar-refractivity contribution in [1.29, 1.82) is 0 Å². The molecule has 0 aliphatic heterocycles. The third-order valence-corrected chi connectivity index (χ3v) is 3.90. The fourth-order valence-corrected chi connectivity index (χ4v) is 2.85. The van der Waals surface area contributed by atoms with Gasteiger partial charge in [-0.1, -0.05) is 30.9 Å². The van der Waals surface area contributed by atoms with E-state index >= 15 is 0 Å². The molecule has 0 N–H and O–H groups in total. The van der Waals surface area contributed by atoms with E-state index in [1.807, 2.05) is 0 Å². The highest BCUT2D eigenvalue weighted by Crippen LogP contribution is 2.31. The molecule has 0 heterocycles. The van der Waals surface area contributed by atoms with Crippen LogP contribution >= 0.6 is 11.6 Å². The second kappa shape index (κ2) is 6.33. The van der Waals surface area contributed by atoms with E-state index in [0.717, 1.165) is 24.5 Å². The number of benzene rings is 1. The van der Waals surface area contributed by atoms with Crippen molar-refractivity contribution in [2.75, 3.05) is 5.88 Å². The molecule has 1 aliphatic rings. The summed E-state index contributed by atoms with van der Waals surface area (Å²) < 4.78 is 26.4. The van der Waals surface area contributed by atoms with Gasteiger partial charge in [0.05, 0.1) is 0 Å². The Bertz CT molecular complexity index is 434. The third-order valence-electron chi connectivity index (χ3n) is 3.59. The zero-order valence-corrected chi connectivity index (χ0v) is 11.0. The van der Waals surface area contributed by atoms with Gasteiger partial charge < -0.3 is 0 Å². The van der Waals surface area contributed by atoms with Crippen LogP contribution in [0.5, 0.6) is 0 Å². The first-order valence-corrected chi connectivity index (χ1v) is 6.95. The van der Waals surface area contributed by atoms with E-state index in [-0.39, 0.29) is 0 Å². The topological polar surface area (TPSA) is 0 Å². The summed E-state index contributed by atoms with van der Waals surface area (Å²) >= 11 is 5.97. The third kappa shape index (κ3) is 3.32. The second-order valence-electron chi connectivity index (χ2n) is 4.85. The van der Waals surface area contributed by atoms with E-state index in [0.29, 0.717) is 17.4 Å². The van der Waals surface area contributed by atoms with Crippen molar-refractivity contribution >= 4 is 17.7 Å². The first-order chi connectivity index (χ1) is 8.70. The monoisotopic (exact) mass is 270 g/mol. The van der Waals surface area contributed by atoms with Gasteiger partial charge in [-0.25, -0.2) is 8.78 Å². The van der Waals surface area contributed by atoms with E-state index in [1.165, 1.54) is 31.4 Å². The molecule has 1 aromatic rings. The quantitative estimate of drug-likeness (QED) is 0.665. The predicted molar refractivity (Wildman–Crippen MR) is 71.6 cm³/mol. The van der Waals surface area contributed by atoms with Gasteiger partial charge in [-0.2, -0.15) is 0 Å². The number of halogens is 3. The summed E-state index contributed by atoms with van der Waals surface area (Å²) in [4.78, 5) is 0. The highest BCUT2D eigenvalue weighted by atomic mass is 35.5. The molecular weight excluding hydrogens is 254 g/mol. The highest BCUT2D eigenvalue weighted by Gasteiger charge is 2.17. The van der Waals surface area contributed by atoms with E-state index in [1.54, 1.807) is 6.08 Å². The molecule has 3 heteroatoms. The first kappa shape index (κ1) is 13.5. The van der Waals surface area contributed by atoms with Gasteiger partial charge in [-0.05, 0) is 30.9 Å². The van der Waals surface area contributed by atoms with Crippen LogP contribution in [0.4, 0.5) is 8.78 Å². The number of alkyl halides is 1. The molecule has 1 fully saturated rings. The summed E-state index contributed by atoms with van der Waals surface area (Å²) in [7, 11) is 0. The van der Waals surface area contributed by atoms with Crippen molar-refractivity contribution in [3.05, 3.63) is 41.0 Å². The molecule has 0 bridgehead atoms. The smallest absolute Gasteiger partial charge is 0.133 e. The van der Waals surface area contributed by atoms with Crippen LogP contribution in [0.3, 0.4) is 0 Å². The van der Waals surface area contributed by atoms with Crippen molar-refractivity contribution < 1.29 is 8.78 Å². The minimum Gasteiger partial charge on any atom is -0.207 e. The molecule has 18 heavy (non-hydrogen) atoms. The Morgan fingerprint density at radius 1 is 1.22 bits per heavy atom. The maximum absolute atomic E-state index is 13.6. The molecule has 1 saturated carbocycles. The molecule has 0 atom stereocenters. The predicted octanol–water partition coefficient (Wildman–Crippen LogP) is 5.17. The Labute approximate surface area is 112 Å². The van der Waals surface area contributed by atoms with Gasteiger partial charge in [-0.3, -0.25) is 0 Å². The number of allylic oxidation sites excluding steroid dienone is 1. The fraction of sp³-hybridized carbons (Fsp3) is 0.467. The maximum atomic E-state index is 13.6.